The first-order valence-corrected chi connectivity index (χ1v) is 6.93. The monoisotopic (exact) mass is 285 g/mol. The zero-order valence-electron chi connectivity index (χ0n) is 11.6. The third kappa shape index (κ3) is 1.39. The maximum atomic E-state index is 12.4. The molecule has 0 radical (unpaired) electrons. The number of Topliss-reactive ketones (excluding diaryl/α,β-unsaturated/α-hetero) is 1. The van der Waals surface area contributed by atoms with Crippen LogP contribution >= 0.6 is 0 Å². The molecule has 0 spiro atoms. The predicted molar refractivity (Wildman–Crippen MR) is 75.1 cm³/mol. The van der Waals surface area contributed by atoms with Gasteiger partial charge in [-0.25, -0.2) is 4.79 Å². The highest BCUT2D eigenvalue weighted by molar-refractivity contribution is 6.43. The number of carbonyl (C=O) groups excluding carboxylic acids is 2. The van der Waals surface area contributed by atoms with Gasteiger partial charge < -0.3 is 14.8 Å². The number of aliphatic hydroxyl groups is 1. The lowest BCUT2D eigenvalue weighted by molar-refractivity contribution is -0.135. The topological polar surface area (TPSA) is 79.4 Å². The van der Waals surface area contributed by atoms with E-state index in [1.54, 1.807) is 0 Å². The Labute approximate surface area is 120 Å². The van der Waals surface area contributed by atoms with Crippen LogP contribution in [-0.4, -0.2) is 35.6 Å². The molecule has 2 aliphatic rings. The molecule has 5 heteroatoms. The fourth-order valence-corrected chi connectivity index (χ4v) is 3.65. The van der Waals surface area contributed by atoms with Crippen LogP contribution in [0.4, 0.5) is 0 Å². The quantitative estimate of drug-likeness (QED) is 0.507. The molecule has 1 heterocycles. The number of esters is 1. The number of aromatic amines is 1. The Bertz CT molecular complexity index is 783. The number of para-hydroxylation sites is 1. The molecule has 4 rings (SSSR count). The van der Waals surface area contributed by atoms with E-state index in [0.717, 1.165) is 29.4 Å². The van der Waals surface area contributed by atoms with Gasteiger partial charge in [0.05, 0.1) is 12.7 Å². The summed E-state index contributed by atoms with van der Waals surface area (Å²) in [6.07, 6.45) is 1.73. The second-order valence-electron chi connectivity index (χ2n) is 6.12. The lowest BCUT2D eigenvalue weighted by Crippen LogP contribution is -2.18. The van der Waals surface area contributed by atoms with Crippen molar-refractivity contribution in [3.05, 3.63) is 35.5 Å². The third-order valence-corrected chi connectivity index (χ3v) is 5.13. The van der Waals surface area contributed by atoms with Gasteiger partial charge in [0.2, 0.25) is 0 Å². The van der Waals surface area contributed by atoms with Crippen LogP contribution in [0.3, 0.4) is 0 Å². The first kappa shape index (κ1) is 12.6. The summed E-state index contributed by atoms with van der Waals surface area (Å²) in [4.78, 5) is 27.4. The van der Waals surface area contributed by atoms with E-state index in [1.807, 2.05) is 24.3 Å². The Hall–Kier alpha value is -2.14. The highest BCUT2D eigenvalue weighted by Gasteiger charge is 2.84. The molecule has 2 N–H and O–H groups in total. The van der Waals surface area contributed by atoms with Gasteiger partial charge in [-0.1, -0.05) is 18.2 Å². The molecule has 0 saturated heterocycles. The first-order valence-electron chi connectivity index (χ1n) is 6.93. The van der Waals surface area contributed by atoms with E-state index in [4.69, 9.17) is 0 Å². The van der Waals surface area contributed by atoms with Crippen LogP contribution in [0.25, 0.3) is 10.9 Å². The molecule has 2 aromatic rings. The van der Waals surface area contributed by atoms with Crippen molar-refractivity contribution in [1.29, 1.82) is 0 Å². The van der Waals surface area contributed by atoms with E-state index in [1.165, 1.54) is 7.11 Å². The molecule has 0 amide bonds. The van der Waals surface area contributed by atoms with E-state index < -0.39 is 11.8 Å². The molecule has 2 fully saturated rings. The van der Waals surface area contributed by atoms with Crippen molar-refractivity contribution < 1.29 is 19.4 Å². The van der Waals surface area contributed by atoms with Crippen LogP contribution in [0.5, 0.6) is 0 Å². The zero-order valence-corrected chi connectivity index (χ0v) is 11.6. The number of benzene rings is 1. The van der Waals surface area contributed by atoms with Gasteiger partial charge >= 0.3 is 5.97 Å². The number of aliphatic hydroxyl groups excluding tert-OH is 1. The number of carbonyl (C=O) groups is 2. The molecule has 5 nitrogen and oxygen atoms in total. The molecule has 0 unspecified atom stereocenters. The van der Waals surface area contributed by atoms with E-state index in [9.17, 15) is 14.7 Å². The van der Waals surface area contributed by atoms with Gasteiger partial charge in [-0.2, -0.15) is 0 Å². The number of fused-ring (bicyclic) bond motifs is 2. The fraction of sp³-hybridized carbons (Fsp3) is 0.375. The van der Waals surface area contributed by atoms with Crippen molar-refractivity contribution in [2.45, 2.75) is 18.3 Å². The number of ether oxygens (including phenoxy) is 1. The minimum atomic E-state index is -0.853. The van der Waals surface area contributed by atoms with Crippen LogP contribution in [0.1, 0.15) is 28.9 Å². The van der Waals surface area contributed by atoms with Crippen LogP contribution in [0.15, 0.2) is 24.3 Å². The third-order valence-electron chi connectivity index (χ3n) is 5.13. The largest absolute Gasteiger partial charge is 0.463 e. The maximum Gasteiger partial charge on any atom is 0.379 e. The SMILES string of the molecule is COC(=O)C(=O)c1c(C23CC2(CO)C3)[nH]c2ccccc12. The second kappa shape index (κ2) is 3.74. The number of hydrogen-bond acceptors (Lipinski definition) is 4. The van der Waals surface area contributed by atoms with Gasteiger partial charge in [0.15, 0.2) is 0 Å². The Kier molecular flexibility index (Phi) is 2.24. The minimum Gasteiger partial charge on any atom is -0.463 e. The Balaban J connectivity index is 1.91. The molecule has 0 aliphatic heterocycles. The molecular weight excluding hydrogens is 270 g/mol. The van der Waals surface area contributed by atoms with Crippen LogP contribution in [0, 0.1) is 5.41 Å². The van der Waals surface area contributed by atoms with Crippen molar-refractivity contribution in [3.63, 3.8) is 0 Å². The molecule has 1 aromatic carbocycles. The number of rotatable bonds is 4. The number of nitrogens with one attached hydrogen (secondary N) is 1. The maximum absolute atomic E-state index is 12.4. The summed E-state index contributed by atoms with van der Waals surface area (Å²) in [5.41, 5.74) is 1.79. The van der Waals surface area contributed by atoms with Crippen LogP contribution < -0.4 is 0 Å². The molecule has 2 saturated carbocycles. The average molecular weight is 285 g/mol. The Morgan fingerprint density at radius 1 is 1.33 bits per heavy atom. The van der Waals surface area contributed by atoms with Crippen molar-refractivity contribution in [2.24, 2.45) is 5.41 Å². The van der Waals surface area contributed by atoms with Crippen molar-refractivity contribution in [1.82, 2.24) is 4.98 Å². The molecule has 0 atom stereocenters. The van der Waals surface area contributed by atoms with Gasteiger partial charge in [0.1, 0.15) is 0 Å². The Morgan fingerprint density at radius 3 is 2.67 bits per heavy atom. The summed E-state index contributed by atoms with van der Waals surface area (Å²) in [6.45, 7) is 0.119. The van der Waals surface area contributed by atoms with E-state index in [0.29, 0.717) is 5.56 Å². The molecule has 0 bridgehead atoms. The van der Waals surface area contributed by atoms with Crippen LogP contribution in [-0.2, 0) is 14.9 Å². The van der Waals surface area contributed by atoms with Gasteiger partial charge in [-0.15, -0.1) is 0 Å². The smallest absolute Gasteiger partial charge is 0.379 e. The van der Waals surface area contributed by atoms with Gasteiger partial charge in [0.25, 0.3) is 5.78 Å². The van der Waals surface area contributed by atoms with Crippen LogP contribution in [0.2, 0.25) is 0 Å². The standard InChI is InChI=1S/C16H15NO4/c1-21-14(20)12(19)11-9-4-2-3-5-10(9)17-13(11)16-6-15(16,7-16)8-18/h2-5,17-18H,6-8H2,1H3. The van der Waals surface area contributed by atoms with Crippen molar-refractivity contribution in [3.8, 4) is 0 Å². The summed E-state index contributed by atoms with van der Waals surface area (Å²) in [6, 6.07) is 7.43. The summed E-state index contributed by atoms with van der Waals surface area (Å²) >= 11 is 0. The van der Waals surface area contributed by atoms with Gasteiger partial charge in [-0.05, 0) is 18.9 Å². The predicted octanol–water partition coefficient (Wildman–Crippen LogP) is 1.55. The van der Waals surface area contributed by atoms with E-state index in [2.05, 4.69) is 9.72 Å². The van der Waals surface area contributed by atoms with Crippen molar-refractivity contribution >= 4 is 22.7 Å². The Morgan fingerprint density at radius 2 is 2.05 bits per heavy atom. The van der Waals surface area contributed by atoms with E-state index in [-0.39, 0.29) is 17.4 Å². The number of hydrogen-bond donors (Lipinski definition) is 2. The summed E-state index contributed by atoms with van der Waals surface area (Å²) in [7, 11) is 1.21. The summed E-state index contributed by atoms with van der Waals surface area (Å²) < 4.78 is 4.59. The first-order chi connectivity index (χ1) is 10.1. The highest BCUT2D eigenvalue weighted by atomic mass is 16.5. The molecule has 1 aromatic heterocycles. The molecular formula is C16H15NO4. The highest BCUT2D eigenvalue weighted by Crippen LogP contribution is 2.85. The van der Waals surface area contributed by atoms with Gasteiger partial charge in [0, 0.05) is 34.0 Å². The number of methoxy groups -OCH3 is 1. The molecule has 108 valence electrons. The fourth-order valence-electron chi connectivity index (χ4n) is 3.65. The normalized spacial score (nSPS) is 29.0. The second-order valence-corrected chi connectivity index (χ2v) is 6.12. The lowest BCUT2D eigenvalue weighted by Gasteiger charge is -2.04. The number of H-pyrrole nitrogens is 1. The molecule has 21 heavy (non-hydrogen) atoms. The van der Waals surface area contributed by atoms with Gasteiger partial charge in [-0.3, -0.25) is 4.79 Å². The minimum absolute atomic E-state index is 0.0843. The summed E-state index contributed by atoms with van der Waals surface area (Å²) in [5.74, 6) is -1.47. The molecule has 2 aliphatic carbocycles. The van der Waals surface area contributed by atoms with E-state index >= 15 is 0 Å². The zero-order chi connectivity index (χ0) is 14.8. The number of ketones is 1. The summed E-state index contributed by atoms with van der Waals surface area (Å²) in [5, 5.41) is 10.2. The average Bonchev–Trinajstić information content (AvgIpc) is 3.28. The number of aromatic nitrogens is 1. The lowest BCUT2D eigenvalue weighted by atomic mass is 10.0. The van der Waals surface area contributed by atoms with Crippen molar-refractivity contribution in [2.75, 3.05) is 13.7 Å².